The molecule has 1 saturated heterocycles. The lowest BCUT2D eigenvalue weighted by molar-refractivity contribution is 0.385. The van der Waals surface area contributed by atoms with Gasteiger partial charge in [0, 0.05) is 36.7 Å². The molecule has 0 amide bonds. The molecule has 6 heteroatoms. The molecule has 130 valence electrons. The predicted octanol–water partition coefficient (Wildman–Crippen LogP) is 3.44. The molecule has 4 nitrogen and oxygen atoms in total. The molecule has 1 aliphatic heterocycles. The van der Waals surface area contributed by atoms with Gasteiger partial charge in [-0.1, -0.05) is 25.1 Å². The number of nitrogens with zero attached hydrogens (tertiary/aromatic N) is 2. The Balaban J connectivity index is 1.77. The minimum atomic E-state index is -3.35. The fourth-order valence-corrected chi connectivity index (χ4v) is 6.15. The molecule has 0 aliphatic carbocycles. The third-order valence-electron chi connectivity index (χ3n) is 4.57. The topological polar surface area (TPSA) is 40.6 Å². The van der Waals surface area contributed by atoms with Crippen LogP contribution >= 0.6 is 11.3 Å². The Morgan fingerprint density at radius 2 is 1.75 bits per heavy atom. The van der Waals surface area contributed by atoms with Crippen molar-refractivity contribution in [2.24, 2.45) is 0 Å². The molecule has 24 heavy (non-hydrogen) atoms. The Labute approximate surface area is 148 Å². The molecule has 3 rings (SSSR count). The van der Waals surface area contributed by atoms with Crippen LogP contribution in [0.15, 0.2) is 34.5 Å². The molecule has 0 N–H and O–H groups in total. The Bertz CT molecular complexity index is 819. The largest absolute Gasteiger partial charge is 0.368 e. The second-order valence-corrected chi connectivity index (χ2v) is 9.65. The van der Waals surface area contributed by atoms with Crippen LogP contribution in [0.1, 0.15) is 22.9 Å². The van der Waals surface area contributed by atoms with E-state index in [-0.39, 0.29) is 0 Å². The zero-order chi connectivity index (χ0) is 17.3. The van der Waals surface area contributed by atoms with E-state index in [1.807, 2.05) is 13.0 Å². The van der Waals surface area contributed by atoms with E-state index >= 15 is 0 Å². The summed E-state index contributed by atoms with van der Waals surface area (Å²) in [6, 6.07) is 9.98. The first-order valence-electron chi connectivity index (χ1n) is 8.33. The van der Waals surface area contributed by atoms with Gasteiger partial charge in [0.05, 0.1) is 0 Å². The van der Waals surface area contributed by atoms with Gasteiger partial charge < -0.3 is 4.90 Å². The fourth-order valence-electron chi connectivity index (χ4n) is 3.29. The fraction of sp³-hybridized carbons (Fsp3) is 0.444. The molecule has 1 fully saturated rings. The lowest BCUT2D eigenvalue weighted by Crippen LogP contribution is -2.49. The second-order valence-electron chi connectivity index (χ2n) is 6.19. The van der Waals surface area contributed by atoms with Crippen LogP contribution in [0, 0.1) is 13.8 Å². The predicted molar refractivity (Wildman–Crippen MR) is 101 cm³/mol. The Morgan fingerprint density at radius 1 is 1.04 bits per heavy atom. The minimum Gasteiger partial charge on any atom is -0.368 e. The van der Waals surface area contributed by atoms with Gasteiger partial charge in [-0.3, -0.25) is 0 Å². The number of benzene rings is 1. The number of sulfonamides is 1. The number of aryl methyl sites for hydroxylation is 3. The summed E-state index contributed by atoms with van der Waals surface area (Å²) in [5, 5.41) is 0. The first-order chi connectivity index (χ1) is 11.4. The Kier molecular flexibility index (Phi) is 4.99. The smallest absolute Gasteiger partial charge is 0.252 e. The van der Waals surface area contributed by atoms with E-state index in [9.17, 15) is 8.42 Å². The number of hydrogen-bond donors (Lipinski definition) is 0. The Morgan fingerprint density at radius 3 is 2.33 bits per heavy atom. The van der Waals surface area contributed by atoms with E-state index < -0.39 is 10.0 Å². The monoisotopic (exact) mass is 364 g/mol. The third-order valence-corrected chi connectivity index (χ3v) is 7.93. The zero-order valence-electron chi connectivity index (χ0n) is 14.4. The molecule has 1 aromatic carbocycles. The average molecular weight is 365 g/mol. The number of piperazine rings is 1. The standard InChI is InChI=1S/C18H24N2O2S2/c1-4-16-7-5-6-14(2)18(16)19-10-12-20(13-11-19)24(21,22)17-9-8-15(3)23-17/h5-9H,4,10-13H2,1-3H3. The number of rotatable bonds is 4. The molecule has 0 saturated carbocycles. The number of hydrogen-bond acceptors (Lipinski definition) is 4. The van der Waals surface area contributed by atoms with Crippen LogP contribution in [0.5, 0.6) is 0 Å². The summed E-state index contributed by atoms with van der Waals surface area (Å²) < 4.78 is 27.6. The highest BCUT2D eigenvalue weighted by Crippen LogP contribution is 2.29. The van der Waals surface area contributed by atoms with E-state index in [4.69, 9.17) is 0 Å². The molecule has 2 aromatic rings. The zero-order valence-corrected chi connectivity index (χ0v) is 16.1. The first-order valence-corrected chi connectivity index (χ1v) is 10.6. The maximum atomic E-state index is 12.8. The normalized spacial score (nSPS) is 16.5. The summed E-state index contributed by atoms with van der Waals surface area (Å²) in [6.07, 6.45) is 0.990. The van der Waals surface area contributed by atoms with Crippen LogP contribution in [0.25, 0.3) is 0 Å². The maximum absolute atomic E-state index is 12.8. The molecular weight excluding hydrogens is 340 g/mol. The van der Waals surface area contributed by atoms with Crippen LogP contribution in [0.2, 0.25) is 0 Å². The van der Waals surface area contributed by atoms with Crippen molar-refractivity contribution in [2.75, 3.05) is 31.1 Å². The van der Waals surface area contributed by atoms with E-state index in [1.54, 1.807) is 10.4 Å². The lowest BCUT2D eigenvalue weighted by atomic mass is 10.0. The van der Waals surface area contributed by atoms with E-state index in [0.29, 0.717) is 17.3 Å². The van der Waals surface area contributed by atoms with Gasteiger partial charge in [-0.05, 0) is 43.5 Å². The molecule has 2 heterocycles. The molecule has 0 atom stereocenters. The summed E-state index contributed by atoms with van der Waals surface area (Å²) >= 11 is 1.35. The van der Waals surface area contributed by atoms with Crippen molar-refractivity contribution in [3.63, 3.8) is 0 Å². The van der Waals surface area contributed by atoms with E-state index in [2.05, 4.69) is 36.9 Å². The van der Waals surface area contributed by atoms with Crippen molar-refractivity contribution >= 4 is 27.0 Å². The molecule has 1 aromatic heterocycles. The van der Waals surface area contributed by atoms with Gasteiger partial charge in [-0.25, -0.2) is 8.42 Å². The van der Waals surface area contributed by atoms with Gasteiger partial charge in [0.25, 0.3) is 10.0 Å². The van der Waals surface area contributed by atoms with Crippen molar-refractivity contribution < 1.29 is 8.42 Å². The highest BCUT2D eigenvalue weighted by Gasteiger charge is 2.30. The SMILES string of the molecule is CCc1cccc(C)c1N1CCN(S(=O)(=O)c2ccc(C)s2)CC1. The van der Waals surface area contributed by atoms with Crippen LogP contribution in [-0.4, -0.2) is 38.9 Å². The summed E-state index contributed by atoms with van der Waals surface area (Å²) in [6.45, 7) is 8.78. The third kappa shape index (κ3) is 3.23. The maximum Gasteiger partial charge on any atom is 0.252 e. The van der Waals surface area contributed by atoms with Crippen molar-refractivity contribution in [1.29, 1.82) is 0 Å². The van der Waals surface area contributed by atoms with Crippen LogP contribution < -0.4 is 4.90 Å². The van der Waals surface area contributed by atoms with Crippen molar-refractivity contribution in [3.05, 3.63) is 46.3 Å². The van der Waals surface area contributed by atoms with Gasteiger partial charge in [0.2, 0.25) is 0 Å². The van der Waals surface area contributed by atoms with Crippen molar-refractivity contribution in [2.45, 2.75) is 31.4 Å². The molecule has 0 radical (unpaired) electrons. The quantitative estimate of drug-likeness (QED) is 0.834. The van der Waals surface area contributed by atoms with Crippen LogP contribution in [-0.2, 0) is 16.4 Å². The minimum absolute atomic E-state index is 0.457. The number of thiophene rings is 1. The van der Waals surface area contributed by atoms with Crippen molar-refractivity contribution in [3.8, 4) is 0 Å². The van der Waals surface area contributed by atoms with Gasteiger partial charge in [0.1, 0.15) is 4.21 Å². The molecular formula is C18H24N2O2S2. The lowest BCUT2D eigenvalue weighted by Gasteiger charge is -2.37. The van der Waals surface area contributed by atoms with E-state index in [1.165, 1.54) is 28.2 Å². The van der Waals surface area contributed by atoms with Crippen LogP contribution in [0.3, 0.4) is 0 Å². The molecule has 0 spiro atoms. The molecule has 0 unspecified atom stereocenters. The molecule has 0 bridgehead atoms. The van der Waals surface area contributed by atoms with Crippen molar-refractivity contribution in [1.82, 2.24) is 4.31 Å². The average Bonchev–Trinajstić information content (AvgIpc) is 3.02. The first kappa shape index (κ1) is 17.5. The van der Waals surface area contributed by atoms with Gasteiger partial charge in [0.15, 0.2) is 0 Å². The molecule has 1 aliphatic rings. The van der Waals surface area contributed by atoms with Gasteiger partial charge in [-0.2, -0.15) is 4.31 Å². The van der Waals surface area contributed by atoms with Gasteiger partial charge >= 0.3 is 0 Å². The van der Waals surface area contributed by atoms with Crippen LogP contribution in [0.4, 0.5) is 5.69 Å². The Hall–Kier alpha value is -1.37. The number of para-hydroxylation sites is 1. The second kappa shape index (κ2) is 6.86. The highest BCUT2D eigenvalue weighted by molar-refractivity contribution is 7.91. The van der Waals surface area contributed by atoms with Gasteiger partial charge in [-0.15, -0.1) is 11.3 Å². The highest BCUT2D eigenvalue weighted by atomic mass is 32.2. The van der Waals surface area contributed by atoms with E-state index in [0.717, 1.165) is 24.4 Å². The number of anilines is 1. The summed E-state index contributed by atoms with van der Waals surface area (Å²) in [7, 11) is -3.35. The summed E-state index contributed by atoms with van der Waals surface area (Å²) in [5.74, 6) is 0. The summed E-state index contributed by atoms with van der Waals surface area (Å²) in [4.78, 5) is 3.36. The summed E-state index contributed by atoms with van der Waals surface area (Å²) in [5.41, 5.74) is 3.88.